The lowest BCUT2D eigenvalue weighted by atomic mass is 9.77. The number of fused-ring (bicyclic) bond motifs is 2. The van der Waals surface area contributed by atoms with E-state index in [0.29, 0.717) is 24.6 Å². The topological polar surface area (TPSA) is 72.4 Å². The molecule has 0 amide bonds. The Morgan fingerprint density at radius 1 is 0.778 bits per heavy atom. The molecule has 0 unspecified atom stereocenters. The zero-order valence-corrected chi connectivity index (χ0v) is 14.3. The summed E-state index contributed by atoms with van der Waals surface area (Å²) in [7, 11) is -1.56. The molecule has 6 rings (SSSR count). The molecule has 0 aromatic heterocycles. The molecule has 2 bridgehead atoms. The molecule has 0 aliphatic carbocycles. The van der Waals surface area contributed by atoms with Gasteiger partial charge in [0.1, 0.15) is 12.4 Å². The van der Waals surface area contributed by atoms with Crippen LogP contribution < -0.4 is 9.31 Å². The molecule has 2 aromatic rings. The molecule has 27 heavy (non-hydrogen) atoms. The molecule has 134 valence electrons. The van der Waals surface area contributed by atoms with Gasteiger partial charge in [-0.1, -0.05) is 24.3 Å². The second-order valence-corrected chi connectivity index (χ2v) is 6.97. The third kappa shape index (κ3) is 2.17. The fraction of sp³-hybridized carbons (Fsp3) is 0.125. The van der Waals surface area contributed by atoms with Crippen molar-refractivity contribution in [2.45, 2.75) is 0 Å². The SMILES string of the molecule is OB1O[B@@-]23Oc4ccccc4C=[N+]2CC[N+]2=Cc4ccccc4O[B@-]2(O1)O3. The molecule has 2 atom stereocenters. The second kappa shape index (κ2) is 5.23. The molecular formula is C16H15B3N2O6. The van der Waals surface area contributed by atoms with Gasteiger partial charge in [-0.25, -0.2) is 0 Å². The van der Waals surface area contributed by atoms with E-state index in [1.807, 2.05) is 69.9 Å². The summed E-state index contributed by atoms with van der Waals surface area (Å²) in [5, 5.41) is 10.4. The van der Waals surface area contributed by atoms with E-state index >= 15 is 0 Å². The third-order valence-electron chi connectivity index (χ3n) is 5.35. The first-order valence-corrected chi connectivity index (χ1v) is 8.95. The maximum atomic E-state index is 10.4. The van der Waals surface area contributed by atoms with Gasteiger partial charge in [0.2, 0.25) is 0 Å². The van der Waals surface area contributed by atoms with Crippen LogP contribution in [0.5, 0.6) is 11.5 Å². The Kier molecular flexibility index (Phi) is 3.00. The molecule has 2 fully saturated rings. The van der Waals surface area contributed by atoms with Crippen LogP contribution in [-0.4, -0.2) is 60.6 Å². The van der Waals surface area contributed by atoms with Crippen LogP contribution in [0.4, 0.5) is 0 Å². The molecule has 2 spiro atoms. The van der Waals surface area contributed by atoms with Gasteiger partial charge in [0.25, 0.3) is 0 Å². The number of rotatable bonds is 0. The lowest BCUT2D eigenvalue weighted by Crippen LogP contribution is -2.76. The van der Waals surface area contributed by atoms with Crippen LogP contribution in [-0.2, 0) is 13.7 Å². The fourth-order valence-electron chi connectivity index (χ4n) is 4.09. The van der Waals surface area contributed by atoms with Crippen molar-refractivity contribution in [2.24, 2.45) is 0 Å². The second-order valence-electron chi connectivity index (χ2n) is 6.97. The summed E-state index contributed by atoms with van der Waals surface area (Å²) in [5.74, 6) is 1.23. The van der Waals surface area contributed by atoms with Crippen LogP contribution >= 0.6 is 0 Å². The van der Waals surface area contributed by atoms with E-state index in [0.717, 1.165) is 11.1 Å². The molecule has 2 aromatic carbocycles. The van der Waals surface area contributed by atoms with Crippen LogP contribution in [0.25, 0.3) is 0 Å². The Balaban J connectivity index is 1.52. The highest BCUT2D eigenvalue weighted by molar-refractivity contribution is 6.78. The van der Waals surface area contributed by atoms with Gasteiger partial charge in [0, 0.05) is 0 Å². The zero-order valence-electron chi connectivity index (χ0n) is 14.3. The third-order valence-corrected chi connectivity index (χ3v) is 5.35. The summed E-state index contributed by atoms with van der Waals surface area (Å²) in [5.41, 5.74) is 1.82. The summed E-state index contributed by atoms with van der Waals surface area (Å²) >= 11 is 0. The Morgan fingerprint density at radius 2 is 1.26 bits per heavy atom. The number of benzene rings is 2. The van der Waals surface area contributed by atoms with E-state index < -0.39 is 21.1 Å². The van der Waals surface area contributed by atoms with Gasteiger partial charge in [-0.05, 0) is 24.3 Å². The summed E-state index contributed by atoms with van der Waals surface area (Å²) in [6, 6.07) is 15.2. The van der Waals surface area contributed by atoms with Gasteiger partial charge < -0.3 is 37.0 Å². The van der Waals surface area contributed by atoms with Gasteiger partial charge in [-0.15, -0.1) is 0 Å². The normalized spacial score (nSPS) is 30.2. The molecule has 0 saturated carbocycles. The highest BCUT2D eigenvalue weighted by Crippen LogP contribution is 2.37. The van der Waals surface area contributed by atoms with Gasteiger partial charge in [0.05, 0.1) is 22.6 Å². The molecule has 2 saturated heterocycles. The first-order chi connectivity index (χ1) is 13.2. The molecule has 8 nitrogen and oxygen atoms in total. The standard InChI is InChI=1S/C16H15B3N2O6/c22-17-25-18-20(11-13-5-1-3-7-15(13)23-18)9-10-21-12-14-6-2-4-8-16(14)24-19(21,26-17)27-18/h1-8,11-12,22H,9-10H2/t18-,19+. The van der Waals surface area contributed by atoms with Crippen molar-refractivity contribution in [3.8, 4) is 11.5 Å². The van der Waals surface area contributed by atoms with Crippen molar-refractivity contribution < 1.29 is 37.0 Å². The van der Waals surface area contributed by atoms with Gasteiger partial charge in [0.15, 0.2) is 13.1 Å². The van der Waals surface area contributed by atoms with Crippen molar-refractivity contribution in [1.29, 1.82) is 0 Å². The summed E-state index contributed by atoms with van der Waals surface area (Å²) in [6.07, 6.45) is 3.85. The highest BCUT2D eigenvalue weighted by atomic mass is 16.9. The monoisotopic (exact) mass is 364 g/mol. The van der Waals surface area contributed by atoms with E-state index in [4.69, 9.17) is 23.0 Å². The Labute approximate surface area is 155 Å². The van der Waals surface area contributed by atoms with Crippen molar-refractivity contribution in [1.82, 2.24) is 0 Å². The van der Waals surface area contributed by atoms with Crippen molar-refractivity contribution in [3.63, 3.8) is 0 Å². The van der Waals surface area contributed by atoms with Crippen molar-refractivity contribution >= 4 is 33.5 Å². The molecular weight excluding hydrogens is 349 g/mol. The van der Waals surface area contributed by atoms with E-state index in [9.17, 15) is 5.02 Å². The average Bonchev–Trinajstić information content (AvgIpc) is 2.74. The van der Waals surface area contributed by atoms with E-state index in [2.05, 4.69) is 0 Å². The molecule has 4 aliphatic heterocycles. The lowest BCUT2D eigenvalue weighted by molar-refractivity contribution is -0.487. The number of nitrogens with zero attached hydrogens (tertiary/aromatic N) is 2. The van der Waals surface area contributed by atoms with Crippen LogP contribution in [0.15, 0.2) is 48.5 Å². The number of hydrogen-bond donors (Lipinski definition) is 1. The Morgan fingerprint density at radius 3 is 1.78 bits per heavy atom. The molecule has 4 aliphatic rings. The minimum Gasteiger partial charge on any atom is -0.609 e. The molecule has 1 N–H and O–H groups in total. The fourth-order valence-corrected chi connectivity index (χ4v) is 4.09. The average molecular weight is 364 g/mol. The summed E-state index contributed by atoms with van der Waals surface area (Å²) in [4.78, 5) is 0. The van der Waals surface area contributed by atoms with Crippen molar-refractivity contribution in [2.75, 3.05) is 13.1 Å². The van der Waals surface area contributed by atoms with E-state index in [1.54, 1.807) is 0 Å². The number of hydrogen-bond acceptors (Lipinski definition) is 6. The lowest BCUT2D eigenvalue weighted by Gasteiger charge is -2.51. The molecule has 0 radical (unpaired) electrons. The maximum Gasteiger partial charge on any atom is 0.710 e. The van der Waals surface area contributed by atoms with Crippen molar-refractivity contribution in [3.05, 3.63) is 59.7 Å². The van der Waals surface area contributed by atoms with Crippen LogP contribution in [0, 0.1) is 0 Å². The van der Waals surface area contributed by atoms with E-state index in [-0.39, 0.29) is 0 Å². The maximum absolute atomic E-state index is 10.4. The van der Waals surface area contributed by atoms with Crippen LogP contribution in [0.3, 0.4) is 0 Å². The highest BCUT2D eigenvalue weighted by Gasteiger charge is 2.68. The summed E-state index contributed by atoms with van der Waals surface area (Å²) < 4.78 is 33.5. The van der Waals surface area contributed by atoms with Gasteiger partial charge in [-0.2, -0.15) is 0 Å². The quantitative estimate of drug-likeness (QED) is 0.662. The van der Waals surface area contributed by atoms with Gasteiger partial charge in [-0.3, -0.25) is 0 Å². The predicted molar refractivity (Wildman–Crippen MR) is 97.5 cm³/mol. The largest absolute Gasteiger partial charge is 0.710 e. The Bertz CT molecular complexity index is 953. The predicted octanol–water partition coefficient (Wildman–Crippen LogP) is -0.0402. The molecule has 11 heteroatoms. The van der Waals surface area contributed by atoms with E-state index in [1.165, 1.54) is 0 Å². The first-order valence-electron chi connectivity index (χ1n) is 8.95. The minimum absolute atomic E-state index is 0.538. The summed E-state index contributed by atoms with van der Waals surface area (Å²) in [6.45, 7) is -3.93. The zero-order chi connectivity index (χ0) is 18.1. The Hall–Kier alpha value is -2.59. The van der Waals surface area contributed by atoms with Crippen LogP contribution in [0.2, 0.25) is 0 Å². The number of para-hydroxylation sites is 2. The van der Waals surface area contributed by atoms with Crippen LogP contribution in [0.1, 0.15) is 11.1 Å². The minimum atomic E-state index is -2.50. The first kappa shape index (κ1) is 15.5. The molecule has 4 heterocycles. The smallest absolute Gasteiger partial charge is 0.609 e. The van der Waals surface area contributed by atoms with Gasteiger partial charge >= 0.3 is 21.1 Å².